The van der Waals surface area contributed by atoms with E-state index in [1.807, 2.05) is 0 Å². The van der Waals surface area contributed by atoms with Gasteiger partial charge in [0.2, 0.25) is 0 Å². The molecule has 0 amide bonds. The summed E-state index contributed by atoms with van der Waals surface area (Å²) < 4.78 is 0. The summed E-state index contributed by atoms with van der Waals surface area (Å²) in [4.78, 5) is 0. The van der Waals surface area contributed by atoms with Crippen LogP contribution in [-0.4, -0.2) is 22.8 Å². The number of benzene rings is 1. The van der Waals surface area contributed by atoms with Crippen LogP contribution in [0.1, 0.15) is 47.3 Å². The van der Waals surface area contributed by atoms with Crippen molar-refractivity contribution >= 4 is 11.3 Å². The monoisotopic (exact) mass is 287 g/mol. The van der Waals surface area contributed by atoms with Crippen LogP contribution in [0.15, 0.2) is 24.3 Å². The third kappa shape index (κ3) is 2.91. The Kier molecular flexibility index (Phi) is 4.13. The maximum absolute atomic E-state index is 4.40. The van der Waals surface area contributed by atoms with Crippen LogP contribution in [0.2, 0.25) is 0 Å². The Labute approximate surface area is 124 Å². The molecule has 1 heterocycles. The van der Waals surface area contributed by atoms with E-state index in [1.54, 1.807) is 11.3 Å². The standard InChI is InChI=1S/C16H21N3S/c1-11(2)17-9-5-8-15-18-19-16(20-15)14-10-12-6-3-4-7-13(12)14/h3-4,6-7,11,14,17H,5,8-10H2,1-2H3. The number of nitrogens with one attached hydrogen (secondary N) is 1. The number of nitrogens with zero attached hydrogens (tertiary/aromatic N) is 2. The summed E-state index contributed by atoms with van der Waals surface area (Å²) in [6.45, 7) is 5.41. The predicted molar refractivity (Wildman–Crippen MR) is 83.4 cm³/mol. The summed E-state index contributed by atoms with van der Waals surface area (Å²) in [5.74, 6) is 0.492. The molecule has 1 aliphatic carbocycles. The van der Waals surface area contributed by atoms with Crippen LogP contribution < -0.4 is 5.32 Å². The average molecular weight is 287 g/mol. The molecule has 3 rings (SSSR count). The zero-order valence-electron chi connectivity index (χ0n) is 12.1. The first kappa shape index (κ1) is 13.7. The van der Waals surface area contributed by atoms with Gasteiger partial charge < -0.3 is 5.32 Å². The molecule has 0 saturated heterocycles. The van der Waals surface area contributed by atoms with Crippen LogP contribution in [0, 0.1) is 0 Å². The summed E-state index contributed by atoms with van der Waals surface area (Å²) in [6, 6.07) is 9.22. The first-order chi connectivity index (χ1) is 9.74. The van der Waals surface area contributed by atoms with Crippen molar-refractivity contribution in [3.05, 3.63) is 45.4 Å². The van der Waals surface area contributed by atoms with Crippen molar-refractivity contribution in [1.29, 1.82) is 0 Å². The second-order valence-electron chi connectivity index (χ2n) is 5.70. The van der Waals surface area contributed by atoms with Crippen molar-refractivity contribution in [2.45, 2.75) is 45.1 Å². The summed E-state index contributed by atoms with van der Waals surface area (Å²) in [6.07, 6.45) is 3.29. The molecule has 1 aromatic carbocycles. The van der Waals surface area contributed by atoms with Crippen molar-refractivity contribution in [3.8, 4) is 0 Å². The molecule has 0 radical (unpaired) electrons. The van der Waals surface area contributed by atoms with Crippen molar-refractivity contribution in [3.63, 3.8) is 0 Å². The van der Waals surface area contributed by atoms with Crippen molar-refractivity contribution in [2.75, 3.05) is 6.54 Å². The van der Waals surface area contributed by atoms with Gasteiger partial charge >= 0.3 is 0 Å². The van der Waals surface area contributed by atoms with Crippen molar-refractivity contribution < 1.29 is 0 Å². The lowest BCUT2D eigenvalue weighted by molar-refractivity contribution is 0.569. The van der Waals surface area contributed by atoms with Gasteiger partial charge in [-0.1, -0.05) is 38.1 Å². The molecule has 1 N–H and O–H groups in total. The number of aromatic nitrogens is 2. The number of aryl methyl sites for hydroxylation is 1. The molecule has 1 unspecified atom stereocenters. The van der Waals surface area contributed by atoms with Gasteiger partial charge in [0, 0.05) is 18.4 Å². The van der Waals surface area contributed by atoms with Gasteiger partial charge in [0.1, 0.15) is 10.0 Å². The Morgan fingerprint density at radius 3 is 2.95 bits per heavy atom. The van der Waals surface area contributed by atoms with Crippen molar-refractivity contribution in [1.82, 2.24) is 15.5 Å². The second kappa shape index (κ2) is 6.02. The second-order valence-corrected chi connectivity index (χ2v) is 6.80. The van der Waals surface area contributed by atoms with Crippen LogP contribution in [0.5, 0.6) is 0 Å². The molecule has 0 saturated carbocycles. The summed E-state index contributed by atoms with van der Waals surface area (Å²) >= 11 is 1.79. The van der Waals surface area contributed by atoms with Crippen LogP contribution in [0.4, 0.5) is 0 Å². The fraction of sp³-hybridized carbons (Fsp3) is 0.500. The van der Waals surface area contributed by atoms with Crippen LogP contribution in [0.3, 0.4) is 0 Å². The topological polar surface area (TPSA) is 37.8 Å². The number of rotatable bonds is 6. The van der Waals surface area contributed by atoms with E-state index in [4.69, 9.17) is 0 Å². The smallest absolute Gasteiger partial charge is 0.125 e. The van der Waals surface area contributed by atoms with Gasteiger partial charge in [-0.05, 0) is 30.5 Å². The minimum Gasteiger partial charge on any atom is -0.315 e. The third-order valence-corrected chi connectivity index (χ3v) is 4.85. The highest BCUT2D eigenvalue weighted by molar-refractivity contribution is 7.11. The molecular formula is C16H21N3S. The number of fused-ring (bicyclic) bond motifs is 1. The van der Waals surface area contributed by atoms with E-state index < -0.39 is 0 Å². The normalized spacial score (nSPS) is 17.1. The number of hydrogen-bond acceptors (Lipinski definition) is 4. The molecule has 0 spiro atoms. The molecule has 0 bridgehead atoms. The van der Waals surface area contributed by atoms with Gasteiger partial charge in [0.05, 0.1) is 0 Å². The lowest BCUT2D eigenvalue weighted by Gasteiger charge is -2.27. The molecule has 3 nitrogen and oxygen atoms in total. The Hall–Kier alpha value is -1.26. The Bertz CT molecular complexity index is 577. The van der Waals surface area contributed by atoms with Crippen LogP contribution in [0.25, 0.3) is 0 Å². The molecule has 0 fully saturated rings. The Balaban J connectivity index is 1.56. The predicted octanol–water partition coefficient (Wildman–Crippen LogP) is 3.16. The zero-order valence-corrected chi connectivity index (χ0v) is 12.9. The minimum absolute atomic E-state index is 0.492. The van der Waals surface area contributed by atoms with Gasteiger partial charge in [-0.15, -0.1) is 21.5 Å². The lowest BCUT2D eigenvalue weighted by Crippen LogP contribution is -2.23. The van der Waals surface area contributed by atoms with Gasteiger partial charge in [-0.2, -0.15) is 0 Å². The average Bonchev–Trinajstić information content (AvgIpc) is 2.84. The largest absolute Gasteiger partial charge is 0.315 e. The molecule has 4 heteroatoms. The molecule has 1 atom stereocenters. The van der Waals surface area contributed by atoms with E-state index >= 15 is 0 Å². The summed E-state index contributed by atoms with van der Waals surface area (Å²) in [5, 5.41) is 14.6. The van der Waals surface area contributed by atoms with Gasteiger partial charge in [-0.25, -0.2) is 0 Å². The molecule has 20 heavy (non-hydrogen) atoms. The van der Waals surface area contributed by atoms with E-state index in [9.17, 15) is 0 Å². The first-order valence-electron chi connectivity index (χ1n) is 7.37. The quantitative estimate of drug-likeness (QED) is 0.829. The lowest BCUT2D eigenvalue weighted by atomic mass is 9.78. The van der Waals surface area contributed by atoms with Crippen molar-refractivity contribution in [2.24, 2.45) is 0 Å². The fourth-order valence-corrected chi connectivity index (χ4v) is 3.62. The molecule has 106 valence electrons. The first-order valence-corrected chi connectivity index (χ1v) is 8.19. The molecule has 0 aliphatic heterocycles. The van der Waals surface area contributed by atoms with Crippen LogP contribution >= 0.6 is 11.3 Å². The fourth-order valence-electron chi connectivity index (χ4n) is 2.62. The van der Waals surface area contributed by atoms with E-state index in [-0.39, 0.29) is 0 Å². The SMILES string of the molecule is CC(C)NCCCc1nnc(C2Cc3ccccc32)s1. The highest BCUT2D eigenvalue weighted by Crippen LogP contribution is 2.40. The van der Waals surface area contributed by atoms with Crippen LogP contribution in [-0.2, 0) is 12.8 Å². The molecule has 1 aliphatic rings. The van der Waals surface area contributed by atoms with Gasteiger partial charge in [0.25, 0.3) is 0 Å². The summed E-state index contributed by atoms with van der Waals surface area (Å²) in [5.41, 5.74) is 2.91. The maximum atomic E-state index is 4.40. The highest BCUT2D eigenvalue weighted by atomic mass is 32.1. The number of hydrogen-bond donors (Lipinski definition) is 1. The molecular weight excluding hydrogens is 266 g/mol. The minimum atomic E-state index is 0.492. The zero-order chi connectivity index (χ0) is 13.9. The van der Waals surface area contributed by atoms with E-state index in [0.29, 0.717) is 12.0 Å². The Morgan fingerprint density at radius 2 is 2.15 bits per heavy atom. The van der Waals surface area contributed by atoms with E-state index in [2.05, 4.69) is 53.6 Å². The third-order valence-electron chi connectivity index (χ3n) is 3.76. The van der Waals surface area contributed by atoms with Gasteiger partial charge in [0.15, 0.2) is 0 Å². The van der Waals surface area contributed by atoms with E-state index in [1.165, 1.54) is 21.1 Å². The maximum Gasteiger partial charge on any atom is 0.125 e. The molecule has 2 aromatic rings. The van der Waals surface area contributed by atoms with E-state index in [0.717, 1.165) is 25.8 Å². The molecule has 1 aromatic heterocycles. The Morgan fingerprint density at radius 1 is 1.30 bits per heavy atom. The van der Waals surface area contributed by atoms with Gasteiger partial charge in [-0.3, -0.25) is 0 Å². The summed E-state index contributed by atoms with van der Waals surface area (Å²) in [7, 11) is 0. The highest BCUT2D eigenvalue weighted by Gasteiger charge is 2.29.